The van der Waals surface area contributed by atoms with E-state index in [0.717, 1.165) is 13.0 Å². The number of nitrogens with zero attached hydrogens (tertiary/aromatic N) is 4. The maximum Gasteiger partial charge on any atom is 0.173 e. The molecule has 0 saturated heterocycles. The number of nitrogens with one attached hydrogen (secondary N) is 1. The van der Waals surface area contributed by atoms with Crippen LogP contribution >= 0.6 is 11.6 Å². The van der Waals surface area contributed by atoms with Crippen molar-refractivity contribution in [1.82, 2.24) is 25.5 Å². The Kier molecular flexibility index (Phi) is 4.44. The van der Waals surface area contributed by atoms with Crippen molar-refractivity contribution in [3.8, 4) is 5.69 Å². The van der Waals surface area contributed by atoms with Crippen LogP contribution in [-0.4, -0.2) is 26.8 Å². The Bertz CT molecular complexity index is 557. The molecule has 1 aromatic heterocycles. The van der Waals surface area contributed by atoms with Crippen LogP contribution in [0.4, 0.5) is 4.39 Å². The average Bonchev–Trinajstić information content (AvgIpc) is 2.88. The van der Waals surface area contributed by atoms with Gasteiger partial charge in [-0.3, -0.25) is 0 Å². The van der Waals surface area contributed by atoms with Crippen LogP contribution in [0.3, 0.4) is 0 Å². The third-order valence-corrected chi connectivity index (χ3v) is 3.04. The molecule has 0 radical (unpaired) electrons. The van der Waals surface area contributed by atoms with Gasteiger partial charge in [0.25, 0.3) is 0 Å². The van der Waals surface area contributed by atoms with E-state index >= 15 is 0 Å². The van der Waals surface area contributed by atoms with Gasteiger partial charge in [-0.2, -0.15) is 4.68 Å². The lowest BCUT2D eigenvalue weighted by Gasteiger charge is -2.12. The van der Waals surface area contributed by atoms with E-state index in [9.17, 15) is 4.39 Å². The van der Waals surface area contributed by atoms with E-state index in [0.29, 0.717) is 11.5 Å². The predicted octanol–water partition coefficient (Wildman–Crippen LogP) is 2.52. The van der Waals surface area contributed by atoms with Gasteiger partial charge in [0.2, 0.25) is 0 Å². The molecule has 0 aliphatic heterocycles. The molecule has 0 amide bonds. The highest BCUT2D eigenvalue weighted by Crippen LogP contribution is 2.19. The fraction of sp³-hybridized carbons (Fsp3) is 0.417. The lowest BCUT2D eigenvalue weighted by atomic mass is 10.2. The van der Waals surface area contributed by atoms with Gasteiger partial charge in [0.05, 0.1) is 16.8 Å². The molecule has 1 atom stereocenters. The van der Waals surface area contributed by atoms with E-state index < -0.39 is 5.82 Å². The second-order valence-corrected chi connectivity index (χ2v) is 4.63. The molecule has 19 heavy (non-hydrogen) atoms. The second kappa shape index (κ2) is 6.08. The Hall–Kier alpha value is -1.53. The number of tetrazole rings is 1. The van der Waals surface area contributed by atoms with Gasteiger partial charge in [0.15, 0.2) is 5.82 Å². The van der Waals surface area contributed by atoms with Crippen LogP contribution in [-0.2, 0) is 0 Å². The molecule has 7 heteroatoms. The molecular weight excluding hydrogens is 269 g/mol. The Balaban J connectivity index is 2.30. The van der Waals surface area contributed by atoms with Crippen molar-refractivity contribution in [3.63, 3.8) is 0 Å². The van der Waals surface area contributed by atoms with Gasteiger partial charge in [-0.05, 0) is 42.4 Å². The smallest absolute Gasteiger partial charge is 0.173 e. The SMILES string of the molecule is CCCNC(C)c1nnnn1-c1ccc(Cl)c(F)c1. The van der Waals surface area contributed by atoms with Crippen molar-refractivity contribution in [2.24, 2.45) is 0 Å². The van der Waals surface area contributed by atoms with Gasteiger partial charge in [0.1, 0.15) is 5.82 Å². The first-order chi connectivity index (χ1) is 9.13. The fourth-order valence-electron chi connectivity index (χ4n) is 1.72. The van der Waals surface area contributed by atoms with E-state index in [1.807, 2.05) is 6.92 Å². The van der Waals surface area contributed by atoms with Crippen molar-refractivity contribution in [3.05, 3.63) is 34.9 Å². The minimum Gasteiger partial charge on any atom is -0.307 e. The van der Waals surface area contributed by atoms with E-state index in [-0.39, 0.29) is 11.1 Å². The summed E-state index contributed by atoms with van der Waals surface area (Å²) in [6, 6.07) is 4.46. The summed E-state index contributed by atoms with van der Waals surface area (Å²) < 4.78 is 15.0. The van der Waals surface area contributed by atoms with Crippen LogP contribution < -0.4 is 5.32 Å². The zero-order valence-electron chi connectivity index (χ0n) is 10.8. The number of aromatic nitrogens is 4. The summed E-state index contributed by atoms with van der Waals surface area (Å²) in [5.41, 5.74) is 0.548. The summed E-state index contributed by atoms with van der Waals surface area (Å²) in [6.45, 7) is 4.91. The maximum atomic E-state index is 13.5. The average molecular weight is 284 g/mol. The third-order valence-electron chi connectivity index (χ3n) is 2.73. The van der Waals surface area contributed by atoms with Crippen molar-refractivity contribution in [2.75, 3.05) is 6.54 Å². The maximum absolute atomic E-state index is 13.5. The first-order valence-corrected chi connectivity index (χ1v) is 6.48. The van der Waals surface area contributed by atoms with Gasteiger partial charge in [-0.25, -0.2) is 4.39 Å². The molecule has 1 heterocycles. The van der Waals surface area contributed by atoms with Gasteiger partial charge >= 0.3 is 0 Å². The first-order valence-electron chi connectivity index (χ1n) is 6.10. The summed E-state index contributed by atoms with van der Waals surface area (Å²) >= 11 is 5.66. The molecular formula is C12H15ClFN5. The molecule has 1 unspecified atom stereocenters. The summed E-state index contributed by atoms with van der Waals surface area (Å²) in [6.07, 6.45) is 1.02. The number of halogens is 2. The largest absolute Gasteiger partial charge is 0.307 e. The quantitative estimate of drug-likeness (QED) is 0.916. The lowest BCUT2D eigenvalue weighted by molar-refractivity contribution is 0.530. The summed E-state index contributed by atoms with van der Waals surface area (Å²) in [4.78, 5) is 0. The molecule has 5 nitrogen and oxygen atoms in total. The Morgan fingerprint density at radius 3 is 2.95 bits per heavy atom. The van der Waals surface area contributed by atoms with Crippen LogP contribution in [0.25, 0.3) is 5.69 Å². The zero-order valence-corrected chi connectivity index (χ0v) is 11.5. The summed E-state index contributed by atoms with van der Waals surface area (Å²) in [7, 11) is 0. The molecule has 0 aliphatic rings. The number of benzene rings is 1. The molecule has 0 bridgehead atoms. The van der Waals surface area contributed by atoms with Crippen molar-refractivity contribution >= 4 is 11.6 Å². The normalized spacial score (nSPS) is 12.6. The van der Waals surface area contributed by atoms with Gasteiger partial charge < -0.3 is 5.32 Å². The number of hydrogen-bond donors (Lipinski definition) is 1. The predicted molar refractivity (Wildman–Crippen MR) is 70.8 cm³/mol. The molecule has 0 aliphatic carbocycles. The fourth-order valence-corrected chi connectivity index (χ4v) is 1.83. The first kappa shape index (κ1) is 13.9. The Morgan fingerprint density at radius 2 is 2.26 bits per heavy atom. The van der Waals surface area contributed by atoms with Crippen LogP contribution in [0, 0.1) is 5.82 Å². The minimum atomic E-state index is -0.491. The number of hydrogen-bond acceptors (Lipinski definition) is 4. The van der Waals surface area contributed by atoms with Gasteiger partial charge in [-0.1, -0.05) is 18.5 Å². The zero-order chi connectivity index (χ0) is 13.8. The second-order valence-electron chi connectivity index (χ2n) is 4.22. The van der Waals surface area contributed by atoms with Crippen molar-refractivity contribution < 1.29 is 4.39 Å². The molecule has 1 aromatic carbocycles. The lowest BCUT2D eigenvalue weighted by Crippen LogP contribution is -2.22. The highest BCUT2D eigenvalue weighted by atomic mass is 35.5. The van der Waals surface area contributed by atoms with Crippen LogP contribution in [0.1, 0.15) is 32.1 Å². The van der Waals surface area contributed by atoms with Gasteiger partial charge in [0, 0.05) is 6.07 Å². The minimum absolute atomic E-state index is 0.0197. The monoisotopic (exact) mass is 283 g/mol. The van der Waals surface area contributed by atoms with Crippen LogP contribution in [0.15, 0.2) is 18.2 Å². The molecule has 1 N–H and O–H groups in total. The highest BCUT2D eigenvalue weighted by Gasteiger charge is 2.15. The van der Waals surface area contributed by atoms with E-state index in [1.54, 1.807) is 6.07 Å². The molecule has 102 valence electrons. The molecule has 0 fully saturated rings. The molecule has 2 aromatic rings. The van der Waals surface area contributed by atoms with Gasteiger partial charge in [-0.15, -0.1) is 5.10 Å². The topological polar surface area (TPSA) is 55.6 Å². The highest BCUT2D eigenvalue weighted by molar-refractivity contribution is 6.30. The Labute approximate surface area is 115 Å². The standard InChI is InChI=1S/C12H15ClFN5/c1-3-6-15-8(2)12-16-17-18-19(12)9-4-5-10(13)11(14)7-9/h4-5,7-8,15H,3,6H2,1-2H3. The van der Waals surface area contributed by atoms with E-state index in [4.69, 9.17) is 11.6 Å². The molecule has 2 rings (SSSR count). The van der Waals surface area contributed by atoms with Crippen molar-refractivity contribution in [2.45, 2.75) is 26.3 Å². The third kappa shape index (κ3) is 3.08. The molecule has 0 saturated carbocycles. The van der Waals surface area contributed by atoms with E-state index in [2.05, 4.69) is 27.8 Å². The number of rotatable bonds is 5. The van der Waals surface area contributed by atoms with Crippen LogP contribution in [0.2, 0.25) is 5.02 Å². The Morgan fingerprint density at radius 1 is 1.47 bits per heavy atom. The van der Waals surface area contributed by atoms with E-state index in [1.165, 1.54) is 16.8 Å². The van der Waals surface area contributed by atoms with Crippen LogP contribution in [0.5, 0.6) is 0 Å². The molecule has 0 spiro atoms. The summed E-state index contributed by atoms with van der Waals surface area (Å²) in [5, 5.41) is 14.9. The summed E-state index contributed by atoms with van der Waals surface area (Å²) in [5.74, 6) is 0.143. The van der Waals surface area contributed by atoms with Crippen molar-refractivity contribution in [1.29, 1.82) is 0 Å².